The molecule has 0 spiro atoms. The first-order valence-electron chi connectivity index (χ1n) is 5.79. The second kappa shape index (κ2) is 7.22. The molecule has 94 valence electrons. The van der Waals surface area contributed by atoms with Gasteiger partial charge in [-0.15, -0.1) is 0 Å². The third-order valence-electron chi connectivity index (χ3n) is 2.27. The standard InChI is InChI=1S/C13H19NO2S/c1-3-7-14-13(15)10-17(16)9-12-6-4-5-11(2)8-12/h4-6,8H,3,7,9-10H2,1-2H3,(H,14,15)/t17-/m0/s1. The molecule has 0 fully saturated rings. The number of benzene rings is 1. The van der Waals surface area contributed by atoms with Crippen molar-refractivity contribution >= 4 is 16.7 Å². The van der Waals surface area contributed by atoms with Crippen LogP contribution in [0.5, 0.6) is 0 Å². The molecule has 1 rings (SSSR count). The summed E-state index contributed by atoms with van der Waals surface area (Å²) in [5.41, 5.74) is 2.17. The van der Waals surface area contributed by atoms with Crippen LogP contribution in [0.15, 0.2) is 24.3 Å². The van der Waals surface area contributed by atoms with Gasteiger partial charge in [0.15, 0.2) is 0 Å². The Balaban J connectivity index is 2.42. The summed E-state index contributed by atoms with van der Waals surface area (Å²) in [7, 11) is -1.12. The van der Waals surface area contributed by atoms with Crippen molar-refractivity contribution in [3.63, 3.8) is 0 Å². The summed E-state index contributed by atoms with van der Waals surface area (Å²) in [5, 5.41) is 2.73. The van der Waals surface area contributed by atoms with Crippen molar-refractivity contribution in [1.29, 1.82) is 0 Å². The lowest BCUT2D eigenvalue weighted by Gasteiger charge is -2.04. The van der Waals surface area contributed by atoms with Crippen LogP contribution in [-0.4, -0.2) is 22.4 Å². The van der Waals surface area contributed by atoms with E-state index in [-0.39, 0.29) is 11.7 Å². The summed E-state index contributed by atoms with van der Waals surface area (Å²) in [6.07, 6.45) is 0.899. The highest BCUT2D eigenvalue weighted by Crippen LogP contribution is 2.06. The second-order valence-corrected chi connectivity index (χ2v) is 5.52. The van der Waals surface area contributed by atoms with E-state index in [4.69, 9.17) is 0 Å². The highest BCUT2D eigenvalue weighted by molar-refractivity contribution is 7.84. The van der Waals surface area contributed by atoms with Crippen molar-refractivity contribution in [3.05, 3.63) is 35.4 Å². The van der Waals surface area contributed by atoms with E-state index < -0.39 is 10.8 Å². The van der Waals surface area contributed by atoms with Gasteiger partial charge in [-0.05, 0) is 18.9 Å². The normalized spacial score (nSPS) is 12.1. The predicted octanol–water partition coefficient (Wildman–Crippen LogP) is 1.77. The number of hydrogen-bond acceptors (Lipinski definition) is 2. The van der Waals surface area contributed by atoms with E-state index in [1.165, 1.54) is 0 Å². The van der Waals surface area contributed by atoms with Gasteiger partial charge in [0.25, 0.3) is 0 Å². The van der Waals surface area contributed by atoms with Crippen LogP contribution >= 0.6 is 0 Å². The number of rotatable bonds is 6. The van der Waals surface area contributed by atoms with Gasteiger partial charge in [-0.2, -0.15) is 0 Å². The van der Waals surface area contributed by atoms with Crippen molar-refractivity contribution in [2.45, 2.75) is 26.0 Å². The van der Waals surface area contributed by atoms with Crippen LogP contribution < -0.4 is 5.32 Å². The number of amides is 1. The molecular weight excluding hydrogens is 234 g/mol. The van der Waals surface area contributed by atoms with Crippen LogP contribution in [0, 0.1) is 6.92 Å². The van der Waals surface area contributed by atoms with Gasteiger partial charge in [0.05, 0.1) is 0 Å². The SMILES string of the molecule is CCCNC(=O)C[S@@](=O)Cc1cccc(C)c1. The van der Waals surface area contributed by atoms with Crippen LogP contribution in [0.4, 0.5) is 0 Å². The van der Waals surface area contributed by atoms with Crippen LogP contribution in [0.25, 0.3) is 0 Å². The van der Waals surface area contributed by atoms with Gasteiger partial charge >= 0.3 is 0 Å². The third kappa shape index (κ3) is 5.63. The molecule has 0 radical (unpaired) electrons. The highest BCUT2D eigenvalue weighted by Gasteiger charge is 2.07. The maximum Gasteiger partial charge on any atom is 0.232 e. The molecule has 4 heteroatoms. The van der Waals surface area contributed by atoms with E-state index >= 15 is 0 Å². The number of hydrogen-bond donors (Lipinski definition) is 1. The lowest BCUT2D eigenvalue weighted by molar-refractivity contribution is -0.118. The second-order valence-electron chi connectivity index (χ2n) is 4.07. The molecular formula is C13H19NO2S. The molecule has 0 aliphatic carbocycles. The molecule has 0 aliphatic rings. The molecule has 1 aromatic rings. The molecule has 0 unspecified atom stereocenters. The zero-order valence-electron chi connectivity index (χ0n) is 10.4. The molecule has 1 amide bonds. The zero-order chi connectivity index (χ0) is 12.7. The van der Waals surface area contributed by atoms with Crippen molar-refractivity contribution < 1.29 is 9.00 Å². The smallest absolute Gasteiger partial charge is 0.232 e. The van der Waals surface area contributed by atoms with Crippen molar-refractivity contribution in [1.82, 2.24) is 5.32 Å². The lowest BCUT2D eigenvalue weighted by atomic mass is 10.2. The monoisotopic (exact) mass is 253 g/mol. The fourth-order valence-corrected chi connectivity index (χ4v) is 2.55. The van der Waals surface area contributed by atoms with Gasteiger partial charge in [-0.1, -0.05) is 36.8 Å². The average Bonchev–Trinajstić information content (AvgIpc) is 2.26. The van der Waals surface area contributed by atoms with E-state index in [2.05, 4.69) is 5.32 Å². The van der Waals surface area contributed by atoms with Gasteiger partial charge < -0.3 is 5.32 Å². The molecule has 0 saturated carbocycles. The minimum atomic E-state index is -1.12. The number of carbonyl (C=O) groups is 1. The van der Waals surface area contributed by atoms with E-state index in [1.54, 1.807) is 0 Å². The number of nitrogens with one attached hydrogen (secondary N) is 1. The predicted molar refractivity (Wildman–Crippen MR) is 71.2 cm³/mol. The Morgan fingerprint density at radius 3 is 2.82 bits per heavy atom. The Labute approximate surface area is 105 Å². The van der Waals surface area contributed by atoms with Gasteiger partial charge in [0, 0.05) is 23.1 Å². The maximum absolute atomic E-state index is 11.7. The Hall–Kier alpha value is -1.16. The van der Waals surface area contributed by atoms with Gasteiger partial charge in [-0.3, -0.25) is 9.00 Å². The summed E-state index contributed by atoms with van der Waals surface area (Å²) < 4.78 is 11.7. The van der Waals surface area contributed by atoms with Crippen LogP contribution in [0.3, 0.4) is 0 Å². The fourth-order valence-electron chi connectivity index (χ4n) is 1.50. The maximum atomic E-state index is 11.7. The molecule has 1 atom stereocenters. The summed E-state index contributed by atoms with van der Waals surface area (Å²) in [6, 6.07) is 7.89. The first-order valence-corrected chi connectivity index (χ1v) is 7.28. The first kappa shape index (κ1) is 13.9. The van der Waals surface area contributed by atoms with Gasteiger partial charge in [0.1, 0.15) is 5.75 Å². The van der Waals surface area contributed by atoms with Crippen LogP contribution in [0.1, 0.15) is 24.5 Å². The largest absolute Gasteiger partial charge is 0.355 e. The topological polar surface area (TPSA) is 46.2 Å². The molecule has 3 nitrogen and oxygen atoms in total. The summed E-state index contributed by atoms with van der Waals surface area (Å²) in [5.74, 6) is 0.410. The molecule has 0 bridgehead atoms. The van der Waals surface area contributed by atoms with Gasteiger partial charge in [0.2, 0.25) is 5.91 Å². The summed E-state index contributed by atoms with van der Waals surface area (Å²) in [4.78, 5) is 11.4. The van der Waals surface area contributed by atoms with E-state index in [1.807, 2.05) is 38.1 Å². The molecule has 1 N–H and O–H groups in total. The quantitative estimate of drug-likeness (QED) is 0.840. The van der Waals surface area contributed by atoms with Crippen LogP contribution in [-0.2, 0) is 21.3 Å². The average molecular weight is 253 g/mol. The van der Waals surface area contributed by atoms with Gasteiger partial charge in [-0.25, -0.2) is 0 Å². The molecule has 0 saturated heterocycles. The zero-order valence-corrected chi connectivity index (χ0v) is 11.2. The summed E-state index contributed by atoms with van der Waals surface area (Å²) >= 11 is 0. The molecule has 0 aromatic heterocycles. The Kier molecular flexibility index (Phi) is 5.91. The molecule has 0 aliphatic heterocycles. The van der Waals surface area contributed by atoms with Crippen LogP contribution in [0.2, 0.25) is 0 Å². The van der Waals surface area contributed by atoms with E-state index in [9.17, 15) is 9.00 Å². The van der Waals surface area contributed by atoms with E-state index in [0.717, 1.165) is 17.5 Å². The minimum Gasteiger partial charge on any atom is -0.355 e. The molecule has 17 heavy (non-hydrogen) atoms. The Morgan fingerprint density at radius 2 is 2.18 bits per heavy atom. The lowest BCUT2D eigenvalue weighted by Crippen LogP contribution is -2.29. The minimum absolute atomic E-state index is 0.0912. The first-order chi connectivity index (χ1) is 8.11. The number of carbonyl (C=O) groups excluding carboxylic acids is 1. The van der Waals surface area contributed by atoms with Crippen molar-refractivity contribution in [2.24, 2.45) is 0 Å². The van der Waals surface area contributed by atoms with E-state index in [0.29, 0.717) is 12.3 Å². The summed E-state index contributed by atoms with van der Waals surface area (Å²) in [6.45, 7) is 4.64. The highest BCUT2D eigenvalue weighted by atomic mass is 32.2. The molecule has 0 heterocycles. The fraction of sp³-hybridized carbons (Fsp3) is 0.462. The number of aryl methyl sites for hydroxylation is 1. The van der Waals surface area contributed by atoms with Crippen molar-refractivity contribution in [3.8, 4) is 0 Å². The van der Waals surface area contributed by atoms with Crippen molar-refractivity contribution in [2.75, 3.05) is 12.3 Å². The Morgan fingerprint density at radius 1 is 1.41 bits per heavy atom. The molecule has 1 aromatic carbocycles. The third-order valence-corrected chi connectivity index (χ3v) is 3.51. The Bertz CT molecular complexity index is 404.